The Bertz CT molecular complexity index is 453. The fraction of sp³-hybridized carbons (Fsp3) is 0.667. The van der Waals surface area contributed by atoms with Crippen molar-refractivity contribution in [3.05, 3.63) is 30.3 Å². The third-order valence-electron chi connectivity index (χ3n) is 4.95. The maximum Gasteiger partial charge on any atom is 0.168 e. The molecule has 0 bridgehead atoms. The quantitative estimate of drug-likeness (QED) is 0.835. The van der Waals surface area contributed by atoms with Crippen molar-refractivity contribution >= 4 is 5.69 Å². The van der Waals surface area contributed by atoms with Gasteiger partial charge in [-0.3, -0.25) is 4.90 Å². The molecule has 0 aromatic heterocycles. The minimum Gasteiger partial charge on any atom is -0.369 e. The van der Waals surface area contributed by atoms with Crippen molar-refractivity contribution in [3.63, 3.8) is 0 Å². The predicted molar refractivity (Wildman–Crippen MR) is 89.2 cm³/mol. The number of ether oxygens (including phenoxy) is 2. The molecule has 2 aliphatic rings. The van der Waals surface area contributed by atoms with E-state index in [1.165, 1.54) is 5.69 Å². The average Bonchev–Trinajstić information content (AvgIpc) is 3.00. The van der Waals surface area contributed by atoms with Crippen molar-refractivity contribution in [3.8, 4) is 0 Å². The molecule has 2 saturated heterocycles. The normalized spacial score (nSPS) is 25.5. The van der Waals surface area contributed by atoms with E-state index < -0.39 is 0 Å². The van der Waals surface area contributed by atoms with Crippen molar-refractivity contribution in [2.24, 2.45) is 0 Å². The molecule has 0 saturated carbocycles. The molecule has 1 unspecified atom stereocenters. The molecule has 2 aliphatic heterocycles. The lowest BCUT2D eigenvalue weighted by molar-refractivity contribution is -0.173. The molecule has 1 atom stereocenters. The number of para-hydroxylation sites is 1. The molecule has 0 aliphatic carbocycles. The van der Waals surface area contributed by atoms with Gasteiger partial charge in [-0.1, -0.05) is 32.0 Å². The highest BCUT2D eigenvalue weighted by Gasteiger charge is 2.39. The standard InChI is InChI=1S/C18H28N2O2/c1-3-18(4-2)21-15-17(22-18)14-19-10-12-20(13-11-19)16-8-6-5-7-9-16/h5-9,17H,3-4,10-15H2,1-2H3. The highest BCUT2D eigenvalue weighted by molar-refractivity contribution is 5.46. The van der Waals surface area contributed by atoms with Gasteiger partial charge < -0.3 is 14.4 Å². The number of piperazine rings is 1. The van der Waals surface area contributed by atoms with Gasteiger partial charge in [0.05, 0.1) is 12.7 Å². The van der Waals surface area contributed by atoms with Crippen LogP contribution in [-0.2, 0) is 9.47 Å². The van der Waals surface area contributed by atoms with E-state index >= 15 is 0 Å². The van der Waals surface area contributed by atoms with Crippen LogP contribution < -0.4 is 4.90 Å². The van der Waals surface area contributed by atoms with Crippen molar-refractivity contribution in [2.75, 3.05) is 44.2 Å². The fourth-order valence-electron chi connectivity index (χ4n) is 3.44. The van der Waals surface area contributed by atoms with Gasteiger partial charge in [0.25, 0.3) is 0 Å². The Labute approximate surface area is 134 Å². The van der Waals surface area contributed by atoms with Gasteiger partial charge in [-0.25, -0.2) is 0 Å². The van der Waals surface area contributed by atoms with Crippen LogP contribution in [0.3, 0.4) is 0 Å². The van der Waals surface area contributed by atoms with Gasteiger partial charge in [0.1, 0.15) is 0 Å². The first-order valence-corrected chi connectivity index (χ1v) is 8.59. The van der Waals surface area contributed by atoms with E-state index in [2.05, 4.69) is 54.0 Å². The number of rotatable bonds is 5. The summed E-state index contributed by atoms with van der Waals surface area (Å²) in [5.74, 6) is -0.323. The van der Waals surface area contributed by atoms with Crippen LogP contribution >= 0.6 is 0 Å². The van der Waals surface area contributed by atoms with E-state index in [4.69, 9.17) is 9.47 Å². The summed E-state index contributed by atoms with van der Waals surface area (Å²) in [6, 6.07) is 10.7. The van der Waals surface area contributed by atoms with E-state index in [0.717, 1.165) is 52.2 Å². The number of hydrogen-bond donors (Lipinski definition) is 0. The zero-order valence-electron chi connectivity index (χ0n) is 13.8. The lowest BCUT2D eigenvalue weighted by atomic mass is 10.1. The first kappa shape index (κ1) is 15.8. The zero-order valence-corrected chi connectivity index (χ0v) is 13.8. The van der Waals surface area contributed by atoms with Gasteiger partial charge in [-0.15, -0.1) is 0 Å². The summed E-state index contributed by atoms with van der Waals surface area (Å²) in [5.41, 5.74) is 1.33. The van der Waals surface area contributed by atoms with Crippen LogP contribution in [0.2, 0.25) is 0 Å². The van der Waals surface area contributed by atoms with Crippen molar-refractivity contribution in [2.45, 2.75) is 38.6 Å². The Morgan fingerprint density at radius 2 is 1.73 bits per heavy atom. The van der Waals surface area contributed by atoms with Crippen LogP contribution in [0, 0.1) is 0 Å². The molecular formula is C18H28N2O2. The largest absolute Gasteiger partial charge is 0.369 e. The van der Waals surface area contributed by atoms with E-state index in [-0.39, 0.29) is 11.9 Å². The lowest BCUT2D eigenvalue weighted by Crippen LogP contribution is -2.49. The van der Waals surface area contributed by atoms with Gasteiger partial charge in [0, 0.05) is 38.4 Å². The van der Waals surface area contributed by atoms with Gasteiger partial charge in [-0.2, -0.15) is 0 Å². The summed E-state index contributed by atoms with van der Waals surface area (Å²) in [5, 5.41) is 0. The van der Waals surface area contributed by atoms with E-state index in [9.17, 15) is 0 Å². The third-order valence-corrected chi connectivity index (χ3v) is 4.95. The molecule has 0 N–H and O–H groups in total. The molecule has 3 rings (SSSR count). The zero-order chi connectivity index (χ0) is 15.4. The molecule has 1 aromatic carbocycles. The maximum atomic E-state index is 6.18. The van der Waals surface area contributed by atoms with Crippen LogP contribution in [0.15, 0.2) is 30.3 Å². The van der Waals surface area contributed by atoms with Crippen molar-refractivity contribution in [1.82, 2.24) is 4.90 Å². The molecule has 122 valence electrons. The second kappa shape index (κ2) is 6.99. The van der Waals surface area contributed by atoms with Crippen LogP contribution in [0.1, 0.15) is 26.7 Å². The Morgan fingerprint density at radius 1 is 1.05 bits per heavy atom. The van der Waals surface area contributed by atoms with Crippen LogP contribution in [0.5, 0.6) is 0 Å². The molecule has 4 heteroatoms. The van der Waals surface area contributed by atoms with Crippen LogP contribution in [0.25, 0.3) is 0 Å². The van der Waals surface area contributed by atoms with E-state index in [1.807, 2.05) is 0 Å². The SMILES string of the molecule is CCC1(CC)OCC(CN2CCN(c3ccccc3)CC2)O1. The summed E-state index contributed by atoms with van der Waals surface area (Å²) < 4.78 is 12.1. The molecule has 1 aromatic rings. The minimum atomic E-state index is -0.323. The summed E-state index contributed by atoms with van der Waals surface area (Å²) in [6.07, 6.45) is 2.09. The second-order valence-electron chi connectivity index (χ2n) is 6.29. The monoisotopic (exact) mass is 304 g/mol. The summed E-state index contributed by atoms with van der Waals surface area (Å²) >= 11 is 0. The third kappa shape index (κ3) is 3.45. The second-order valence-corrected chi connectivity index (χ2v) is 6.29. The minimum absolute atomic E-state index is 0.225. The molecule has 0 radical (unpaired) electrons. The summed E-state index contributed by atoms with van der Waals surface area (Å²) in [4.78, 5) is 4.97. The Morgan fingerprint density at radius 3 is 2.32 bits per heavy atom. The van der Waals surface area contributed by atoms with Gasteiger partial charge in [0.2, 0.25) is 0 Å². The Kier molecular flexibility index (Phi) is 5.01. The smallest absolute Gasteiger partial charge is 0.168 e. The first-order valence-electron chi connectivity index (χ1n) is 8.59. The summed E-state index contributed by atoms with van der Waals surface area (Å²) in [7, 11) is 0. The highest BCUT2D eigenvalue weighted by Crippen LogP contribution is 2.30. The number of hydrogen-bond acceptors (Lipinski definition) is 4. The lowest BCUT2D eigenvalue weighted by Gasteiger charge is -2.37. The van der Waals surface area contributed by atoms with Crippen LogP contribution in [0.4, 0.5) is 5.69 Å². The van der Waals surface area contributed by atoms with Crippen molar-refractivity contribution < 1.29 is 9.47 Å². The first-order chi connectivity index (χ1) is 10.7. The molecule has 2 fully saturated rings. The Hall–Kier alpha value is -1.10. The van der Waals surface area contributed by atoms with Gasteiger partial charge in [-0.05, 0) is 25.0 Å². The molecule has 0 amide bonds. The molecule has 0 spiro atoms. The topological polar surface area (TPSA) is 24.9 Å². The van der Waals surface area contributed by atoms with Crippen LogP contribution in [-0.4, -0.2) is 56.1 Å². The molecule has 22 heavy (non-hydrogen) atoms. The maximum absolute atomic E-state index is 6.18. The van der Waals surface area contributed by atoms with E-state index in [1.54, 1.807) is 0 Å². The number of benzene rings is 1. The van der Waals surface area contributed by atoms with E-state index in [0.29, 0.717) is 0 Å². The molecule has 4 nitrogen and oxygen atoms in total. The summed E-state index contributed by atoms with van der Waals surface area (Å²) in [6.45, 7) is 10.4. The van der Waals surface area contributed by atoms with Crippen molar-refractivity contribution in [1.29, 1.82) is 0 Å². The molecule has 2 heterocycles. The van der Waals surface area contributed by atoms with Gasteiger partial charge in [0.15, 0.2) is 5.79 Å². The Balaban J connectivity index is 1.47. The number of nitrogens with zero attached hydrogens (tertiary/aromatic N) is 2. The molecular weight excluding hydrogens is 276 g/mol. The number of anilines is 1. The fourth-order valence-corrected chi connectivity index (χ4v) is 3.44. The van der Waals surface area contributed by atoms with Gasteiger partial charge >= 0.3 is 0 Å². The average molecular weight is 304 g/mol. The predicted octanol–water partition coefficient (Wildman–Crippen LogP) is 2.74. The highest BCUT2D eigenvalue weighted by atomic mass is 16.7.